The zero-order chi connectivity index (χ0) is 15.3. The summed E-state index contributed by atoms with van der Waals surface area (Å²) in [6, 6.07) is 16.5. The van der Waals surface area contributed by atoms with Gasteiger partial charge in [-0.2, -0.15) is 10.1 Å². The van der Waals surface area contributed by atoms with Gasteiger partial charge in [-0.1, -0.05) is 48.2 Å². The molecule has 1 atom stereocenters. The quantitative estimate of drug-likeness (QED) is 0.761. The lowest BCUT2D eigenvalue weighted by Gasteiger charge is -2.20. The second-order valence-electron chi connectivity index (χ2n) is 5.25. The third-order valence-corrected chi connectivity index (χ3v) is 5.51. The summed E-state index contributed by atoms with van der Waals surface area (Å²) in [5.74, 6) is -0.458. The van der Waals surface area contributed by atoms with Gasteiger partial charge in [-0.25, -0.2) is 0 Å². The van der Waals surface area contributed by atoms with Crippen molar-refractivity contribution in [3.63, 3.8) is 0 Å². The van der Waals surface area contributed by atoms with Gasteiger partial charge >= 0.3 is 0 Å². The summed E-state index contributed by atoms with van der Waals surface area (Å²) in [6.07, 6.45) is 0. The largest absolute Gasteiger partial charge is 0.291 e. The monoisotopic (exact) mass is 308 g/mol. The van der Waals surface area contributed by atoms with Crippen molar-refractivity contribution in [1.82, 2.24) is 0 Å². The maximum absolute atomic E-state index is 13.0. The fraction of sp³-hybridized carbons (Fsp3) is 0.118. The smallest absolute Gasteiger partial charge is 0.277 e. The number of carbonyl (C=O) groups is 2. The van der Waals surface area contributed by atoms with E-state index in [9.17, 15) is 9.59 Å². The van der Waals surface area contributed by atoms with Gasteiger partial charge in [0, 0.05) is 10.5 Å². The third-order valence-electron chi connectivity index (χ3n) is 3.97. The molecule has 4 nitrogen and oxygen atoms in total. The number of hydrazone groups is 1. The summed E-state index contributed by atoms with van der Waals surface area (Å²) in [7, 11) is 0. The first-order valence-corrected chi connectivity index (χ1v) is 7.74. The van der Waals surface area contributed by atoms with E-state index in [0.29, 0.717) is 17.0 Å². The minimum Gasteiger partial charge on any atom is -0.291 e. The molecule has 1 spiro atoms. The van der Waals surface area contributed by atoms with Crippen LogP contribution in [0, 0.1) is 0 Å². The Morgan fingerprint density at radius 2 is 1.68 bits per heavy atom. The van der Waals surface area contributed by atoms with Crippen molar-refractivity contribution >= 4 is 34.9 Å². The number of thioether (sulfide) groups is 1. The SMILES string of the molecule is CC1=NN(c2ccccc2)C(=O)[C@]12Sc1ccccc1C2=O. The summed E-state index contributed by atoms with van der Waals surface area (Å²) in [5.41, 5.74) is 1.81. The molecule has 0 aliphatic carbocycles. The van der Waals surface area contributed by atoms with Gasteiger partial charge < -0.3 is 0 Å². The molecule has 5 heteroatoms. The molecule has 2 aliphatic rings. The molecule has 0 saturated heterocycles. The van der Waals surface area contributed by atoms with Crippen LogP contribution < -0.4 is 5.01 Å². The number of carbonyl (C=O) groups excluding carboxylic acids is 2. The molecule has 1 amide bonds. The van der Waals surface area contributed by atoms with Crippen molar-refractivity contribution in [2.75, 3.05) is 5.01 Å². The van der Waals surface area contributed by atoms with Gasteiger partial charge in [0.25, 0.3) is 5.91 Å². The average Bonchev–Trinajstić information content (AvgIpc) is 2.99. The Bertz CT molecular complexity index is 832. The molecule has 4 rings (SSSR count). The molecular weight excluding hydrogens is 296 g/mol. The number of amides is 1. The molecule has 2 aromatic carbocycles. The van der Waals surface area contributed by atoms with Crippen LogP contribution >= 0.6 is 11.8 Å². The van der Waals surface area contributed by atoms with E-state index < -0.39 is 4.75 Å². The highest BCUT2D eigenvalue weighted by molar-refractivity contribution is 8.03. The van der Waals surface area contributed by atoms with Crippen molar-refractivity contribution in [1.29, 1.82) is 0 Å². The van der Waals surface area contributed by atoms with Crippen LogP contribution in [0.4, 0.5) is 5.69 Å². The maximum Gasteiger partial charge on any atom is 0.277 e. The molecule has 0 bridgehead atoms. The molecular formula is C17H12N2O2S. The van der Waals surface area contributed by atoms with E-state index in [0.717, 1.165) is 4.90 Å². The first-order chi connectivity index (χ1) is 10.6. The van der Waals surface area contributed by atoms with E-state index in [1.807, 2.05) is 48.5 Å². The average molecular weight is 308 g/mol. The molecule has 2 aliphatic heterocycles. The van der Waals surface area contributed by atoms with Crippen molar-refractivity contribution in [2.45, 2.75) is 16.6 Å². The Morgan fingerprint density at radius 1 is 1.00 bits per heavy atom. The fourth-order valence-corrected chi connectivity index (χ4v) is 4.15. The Morgan fingerprint density at radius 3 is 2.41 bits per heavy atom. The normalized spacial score (nSPS) is 23.1. The van der Waals surface area contributed by atoms with Gasteiger partial charge in [0.15, 0.2) is 5.78 Å². The number of ketones is 1. The standard InChI is InChI=1S/C17H12N2O2S/c1-11-17(15(20)13-9-5-6-10-14(13)22-17)16(21)19(18-11)12-7-3-2-4-8-12/h2-10H,1H3/t17-/m0/s1. The highest BCUT2D eigenvalue weighted by Crippen LogP contribution is 2.49. The fourth-order valence-electron chi connectivity index (χ4n) is 2.84. The van der Waals surface area contributed by atoms with E-state index in [2.05, 4.69) is 5.10 Å². The number of hydrogen-bond donors (Lipinski definition) is 0. The first-order valence-electron chi connectivity index (χ1n) is 6.93. The molecule has 0 saturated carbocycles. The molecule has 0 aromatic heterocycles. The molecule has 0 N–H and O–H groups in total. The van der Waals surface area contributed by atoms with Gasteiger partial charge in [-0.05, 0) is 25.1 Å². The Labute approximate surface area is 131 Å². The molecule has 2 aromatic rings. The number of nitrogens with zero attached hydrogens (tertiary/aromatic N) is 2. The summed E-state index contributed by atoms with van der Waals surface area (Å²) < 4.78 is -1.24. The lowest BCUT2D eigenvalue weighted by Crippen LogP contribution is -2.47. The van der Waals surface area contributed by atoms with Gasteiger partial charge in [0.05, 0.1) is 11.4 Å². The van der Waals surface area contributed by atoms with E-state index in [1.54, 1.807) is 13.0 Å². The Hall–Kier alpha value is -2.40. The summed E-state index contributed by atoms with van der Waals surface area (Å²) in [6.45, 7) is 1.75. The van der Waals surface area contributed by atoms with Crippen LogP contribution in [0.25, 0.3) is 0 Å². The van der Waals surface area contributed by atoms with E-state index in [1.165, 1.54) is 16.8 Å². The number of fused-ring (bicyclic) bond motifs is 1. The molecule has 0 fully saturated rings. The maximum atomic E-state index is 13.0. The van der Waals surface area contributed by atoms with Crippen molar-refractivity contribution in [3.8, 4) is 0 Å². The summed E-state index contributed by atoms with van der Waals surface area (Å²) >= 11 is 1.30. The predicted molar refractivity (Wildman–Crippen MR) is 86.4 cm³/mol. The van der Waals surface area contributed by atoms with E-state index in [4.69, 9.17) is 0 Å². The topological polar surface area (TPSA) is 49.7 Å². The molecule has 22 heavy (non-hydrogen) atoms. The Balaban J connectivity index is 1.81. The lowest BCUT2D eigenvalue weighted by molar-refractivity contribution is -0.117. The van der Waals surface area contributed by atoms with Gasteiger partial charge in [0.2, 0.25) is 4.75 Å². The zero-order valence-electron chi connectivity index (χ0n) is 11.8. The second kappa shape index (κ2) is 4.55. The number of para-hydroxylation sites is 1. The van der Waals surface area contributed by atoms with Crippen molar-refractivity contribution in [2.24, 2.45) is 5.10 Å². The number of benzene rings is 2. The van der Waals surface area contributed by atoms with Crippen molar-refractivity contribution < 1.29 is 9.59 Å². The zero-order valence-corrected chi connectivity index (χ0v) is 12.6. The van der Waals surface area contributed by atoms with Crippen LogP contribution in [-0.4, -0.2) is 22.1 Å². The third kappa shape index (κ3) is 1.57. The predicted octanol–water partition coefficient (Wildman–Crippen LogP) is 3.14. The van der Waals surface area contributed by atoms with Crippen LogP contribution in [0.1, 0.15) is 17.3 Å². The highest BCUT2D eigenvalue weighted by atomic mass is 32.2. The molecule has 2 heterocycles. The molecule has 0 unspecified atom stereocenters. The Kier molecular flexibility index (Phi) is 2.74. The molecule has 0 radical (unpaired) electrons. The second-order valence-corrected chi connectivity index (χ2v) is 6.50. The first kappa shape index (κ1) is 13.3. The number of Topliss-reactive ketones (excluding diaryl/α,β-unsaturated/α-hetero) is 1. The summed E-state index contributed by atoms with van der Waals surface area (Å²) in [4.78, 5) is 26.7. The highest BCUT2D eigenvalue weighted by Gasteiger charge is 2.60. The summed E-state index contributed by atoms with van der Waals surface area (Å²) in [5, 5.41) is 5.71. The number of anilines is 1. The van der Waals surface area contributed by atoms with Crippen LogP contribution in [0.15, 0.2) is 64.6 Å². The minimum atomic E-state index is -1.24. The minimum absolute atomic E-state index is 0.169. The number of rotatable bonds is 1. The van der Waals surface area contributed by atoms with Gasteiger partial charge in [-0.3, -0.25) is 9.59 Å². The number of hydrogen-bond acceptors (Lipinski definition) is 4. The van der Waals surface area contributed by atoms with Crippen LogP contribution in [-0.2, 0) is 4.79 Å². The van der Waals surface area contributed by atoms with Crippen LogP contribution in [0.2, 0.25) is 0 Å². The van der Waals surface area contributed by atoms with E-state index >= 15 is 0 Å². The van der Waals surface area contributed by atoms with Crippen LogP contribution in [0.3, 0.4) is 0 Å². The van der Waals surface area contributed by atoms with E-state index in [-0.39, 0.29) is 11.7 Å². The van der Waals surface area contributed by atoms with Crippen molar-refractivity contribution in [3.05, 3.63) is 60.2 Å². The lowest BCUT2D eigenvalue weighted by atomic mass is 9.93. The van der Waals surface area contributed by atoms with Gasteiger partial charge in [-0.15, -0.1) is 0 Å². The van der Waals surface area contributed by atoms with Crippen LogP contribution in [0.5, 0.6) is 0 Å². The molecule has 108 valence electrons. The van der Waals surface area contributed by atoms with Gasteiger partial charge in [0.1, 0.15) is 0 Å².